The fourth-order valence-corrected chi connectivity index (χ4v) is 3.50. The van der Waals surface area contributed by atoms with Crippen molar-refractivity contribution in [1.29, 1.82) is 0 Å². The summed E-state index contributed by atoms with van der Waals surface area (Å²) >= 11 is 0. The van der Waals surface area contributed by atoms with E-state index in [9.17, 15) is 9.90 Å². The minimum absolute atomic E-state index is 0.120. The number of carbonyl (C=O) groups is 1. The summed E-state index contributed by atoms with van der Waals surface area (Å²) in [7, 11) is 0. The van der Waals surface area contributed by atoms with Crippen molar-refractivity contribution in [1.82, 2.24) is 0 Å². The van der Waals surface area contributed by atoms with E-state index in [1.54, 1.807) is 12.1 Å². The molecule has 0 aliphatic carbocycles. The molecule has 0 spiro atoms. The van der Waals surface area contributed by atoms with Gasteiger partial charge in [0.2, 0.25) is 5.91 Å². The van der Waals surface area contributed by atoms with Gasteiger partial charge in [-0.15, -0.1) is 0 Å². The van der Waals surface area contributed by atoms with E-state index in [1.807, 2.05) is 54.6 Å². The Morgan fingerprint density at radius 3 is 2.32 bits per heavy atom. The maximum absolute atomic E-state index is 11.2. The average Bonchev–Trinajstić information content (AvgIpc) is 2.79. The van der Waals surface area contributed by atoms with Crippen LogP contribution >= 0.6 is 0 Å². The van der Waals surface area contributed by atoms with Gasteiger partial charge in [-0.1, -0.05) is 72.5 Å². The van der Waals surface area contributed by atoms with E-state index >= 15 is 0 Å². The Morgan fingerprint density at radius 1 is 0.871 bits per heavy atom. The molecule has 2 N–H and O–H groups in total. The fourth-order valence-electron chi connectivity index (χ4n) is 3.50. The summed E-state index contributed by atoms with van der Waals surface area (Å²) in [6, 6.07) is 29.5. The highest BCUT2D eigenvalue weighted by Gasteiger charge is 2.11. The predicted molar refractivity (Wildman–Crippen MR) is 126 cm³/mol. The number of hydrogen-bond donors (Lipinski definition) is 2. The number of fused-ring (bicyclic) bond motifs is 1. The van der Waals surface area contributed by atoms with Crippen molar-refractivity contribution in [3.63, 3.8) is 0 Å². The lowest BCUT2D eigenvalue weighted by atomic mass is 9.97. The van der Waals surface area contributed by atoms with Crippen molar-refractivity contribution in [2.45, 2.75) is 19.4 Å². The van der Waals surface area contributed by atoms with Gasteiger partial charge >= 0.3 is 0 Å². The SMILES string of the molecule is CC(=O)Nc1ccc(C(O)c2ccc3ccc(C#CCc4ccccc4)cc3c2)cc1. The number of benzene rings is 4. The first-order valence-electron chi connectivity index (χ1n) is 10.2. The summed E-state index contributed by atoms with van der Waals surface area (Å²) in [6.45, 7) is 1.47. The van der Waals surface area contributed by atoms with Crippen molar-refractivity contribution in [2.75, 3.05) is 5.32 Å². The summed E-state index contributed by atoms with van der Waals surface area (Å²) < 4.78 is 0. The van der Waals surface area contributed by atoms with Crippen LogP contribution in [0.1, 0.15) is 35.3 Å². The van der Waals surface area contributed by atoms with Crippen LogP contribution < -0.4 is 5.32 Å². The van der Waals surface area contributed by atoms with Gasteiger partial charge < -0.3 is 10.4 Å². The Bertz CT molecular complexity index is 1270. The molecule has 0 saturated heterocycles. The average molecular weight is 405 g/mol. The van der Waals surface area contributed by atoms with Gasteiger partial charge in [-0.05, 0) is 57.8 Å². The fraction of sp³-hybridized carbons (Fsp3) is 0.107. The highest BCUT2D eigenvalue weighted by Crippen LogP contribution is 2.27. The Kier molecular flexibility index (Phi) is 6.12. The third-order valence-corrected chi connectivity index (χ3v) is 5.09. The first-order chi connectivity index (χ1) is 15.1. The molecule has 31 heavy (non-hydrogen) atoms. The van der Waals surface area contributed by atoms with E-state index in [2.05, 4.69) is 41.4 Å². The summed E-state index contributed by atoms with van der Waals surface area (Å²) in [5, 5.41) is 15.7. The molecule has 0 radical (unpaired) electrons. The van der Waals surface area contributed by atoms with Gasteiger partial charge in [0.1, 0.15) is 6.10 Å². The number of hydrogen-bond acceptors (Lipinski definition) is 2. The van der Waals surface area contributed by atoms with Gasteiger partial charge in [0.05, 0.1) is 0 Å². The van der Waals surface area contributed by atoms with Crippen LogP contribution in [0.3, 0.4) is 0 Å². The summed E-state index contributed by atoms with van der Waals surface area (Å²) in [6.07, 6.45) is -0.0323. The molecular weight excluding hydrogens is 382 g/mol. The summed E-state index contributed by atoms with van der Waals surface area (Å²) in [5.74, 6) is 6.36. The smallest absolute Gasteiger partial charge is 0.221 e. The number of rotatable bonds is 4. The highest BCUT2D eigenvalue weighted by atomic mass is 16.3. The molecule has 3 nitrogen and oxygen atoms in total. The predicted octanol–water partition coefficient (Wildman–Crippen LogP) is 5.47. The molecule has 0 aromatic heterocycles. The lowest BCUT2D eigenvalue weighted by Crippen LogP contribution is -2.06. The highest BCUT2D eigenvalue weighted by molar-refractivity contribution is 5.88. The second-order valence-electron chi connectivity index (χ2n) is 7.49. The lowest BCUT2D eigenvalue weighted by Gasteiger charge is -2.13. The van der Waals surface area contributed by atoms with Crippen LogP contribution in [0, 0.1) is 11.8 Å². The Hall–Kier alpha value is -3.87. The Labute approximate surface area is 182 Å². The number of aliphatic hydroxyl groups excluding tert-OH is 1. The van der Waals surface area contributed by atoms with Crippen LogP contribution in [-0.2, 0) is 11.2 Å². The largest absolute Gasteiger partial charge is 0.384 e. The molecule has 3 heteroatoms. The number of anilines is 1. The van der Waals surface area contributed by atoms with Crippen LogP contribution in [0.2, 0.25) is 0 Å². The van der Waals surface area contributed by atoms with Gasteiger partial charge in [0, 0.05) is 24.6 Å². The van der Waals surface area contributed by atoms with E-state index in [0.717, 1.165) is 27.5 Å². The van der Waals surface area contributed by atoms with Crippen molar-refractivity contribution in [3.05, 3.63) is 113 Å². The first kappa shape index (κ1) is 20.4. The maximum Gasteiger partial charge on any atom is 0.221 e. The Morgan fingerprint density at radius 2 is 1.58 bits per heavy atom. The normalized spacial score (nSPS) is 11.4. The molecule has 0 heterocycles. The molecule has 1 amide bonds. The van der Waals surface area contributed by atoms with Crippen molar-refractivity contribution in [2.24, 2.45) is 0 Å². The second-order valence-corrected chi connectivity index (χ2v) is 7.49. The zero-order valence-electron chi connectivity index (χ0n) is 17.3. The molecule has 0 fully saturated rings. The molecule has 0 aliphatic rings. The van der Waals surface area contributed by atoms with Gasteiger partial charge in [0.15, 0.2) is 0 Å². The molecule has 1 atom stereocenters. The second kappa shape index (κ2) is 9.30. The van der Waals surface area contributed by atoms with Crippen LogP contribution in [0.25, 0.3) is 10.8 Å². The van der Waals surface area contributed by atoms with Crippen molar-refractivity contribution < 1.29 is 9.90 Å². The van der Waals surface area contributed by atoms with E-state index in [0.29, 0.717) is 12.1 Å². The first-order valence-corrected chi connectivity index (χ1v) is 10.2. The lowest BCUT2D eigenvalue weighted by molar-refractivity contribution is -0.114. The Balaban J connectivity index is 1.54. The quantitative estimate of drug-likeness (QED) is 0.442. The number of nitrogens with one attached hydrogen (secondary N) is 1. The minimum atomic E-state index is -0.747. The molecule has 0 saturated carbocycles. The third kappa shape index (κ3) is 5.19. The minimum Gasteiger partial charge on any atom is -0.384 e. The molecule has 4 rings (SSSR count). The molecule has 4 aromatic carbocycles. The number of aliphatic hydroxyl groups is 1. The summed E-state index contributed by atoms with van der Waals surface area (Å²) in [5.41, 5.74) is 4.45. The van der Waals surface area contributed by atoms with E-state index in [1.165, 1.54) is 12.5 Å². The molecule has 4 aromatic rings. The monoisotopic (exact) mass is 405 g/mol. The number of carbonyl (C=O) groups excluding carboxylic acids is 1. The van der Waals surface area contributed by atoms with Gasteiger partial charge in [0.25, 0.3) is 0 Å². The van der Waals surface area contributed by atoms with Gasteiger partial charge in [-0.3, -0.25) is 4.79 Å². The van der Waals surface area contributed by atoms with Crippen LogP contribution in [0.4, 0.5) is 5.69 Å². The van der Waals surface area contributed by atoms with E-state index in [-0.39, 0.29) is 5.91 Å². The maximum atomic E-state index is 11.2. The topological polar surface area (TPSA) is 49.3 Å². The standard InChI is InChI=1S/C28H23NO2/c1-20(30)29-27-16-14-24(15-17-27)28(31)25-13-12-23-11-10-22(18-26(23)19-25)9-5-8-21-6-3-2-4-7-21/h2-4,6-7,10-19,28,31H,8H2,1H3,(H,29,30). The van der Waals surface area contributed by atoms with Crippen LogP contribution in [0.15, 0.2) is 91.0 Å². The molecule has 0 aliphatic heterocycles. The third-order valence-electron chi connectivity index (χ3n) is 5.09. The molecule has 152 valence electrons. The van der Waals surface area contributed by atoms with E-state index < -0.39 is 6.10 Å². The van der Waals surface area contributed by atoms with E-state index in [4.69, 9.17) is 0 Å². The number of amides is 1. The van der Waals surface area contributed by atoms with Crippen molar-refractivity contribution in [3.8, 4) is 11.8 Å². The van der Waals surface area contributed by atoms with Crippen LogP contribution in [0.5, 0.6) is 0 Å². The van der Waals surface area contributed by atoms with Crippen molar-refractivity contribution >= 4 is 22.4 Å². The molecule has 0 bridgehead atoms. The zero-order chi connectivity index (χ0) is 21.6. The summed E-state index contributed by atoms with van der Waals surface area (Å²) in [4.78, 5) is 11.2. The molecular formula is C28H23NO2. The van der Waals surface area contributed by atoms with Gasteiger partial charge in [-0.2, -0.15) is 0 Å². The van der Waals surface area contributed by atoms with Gasteiger partial charge in [-0.25, -0.2) is 0 Å². The zero-order valence-corrected chi connectivity index (χ0v) is 17.3. The molecule has 1 unspecified atom stereocenters. The van der Waals surface area contributed by atoms with Crippen LogP contribution in [-0.4, -0.2) is 11.0 Å².